The zero-order chi connectivity index (χ0) is 19.5. The summed E-state index contributed by atoms with van der Waals surface area (Å²) in [4.78, 5) is 13.3. The third-order valence-corrected chi connectivity index (χ3v) is 6.16. The molecule has 0 bridgehead atoms. The fourth-order valence-electron chi connectivity index (χ4n) is 2.95. The van der Waals surface area contributed by atoms with Gasteiger partial charge in [-0.15, -0.1) is 0 Å². The Labute approximate surface area is 153 Å². The fraction of sp³-hybridized carbons (Fsp3) is 0.611. The van der Waals surface area contributed by atoms with E-state index in [-0.39, 0.29) is 16.6 Å². The first-order valence-electron chi connectivity index (χ1n) is 8.57. The maximum absolute atomic E-state index is 13.1. The number of hydrogen-bond donors (Lipinski definition) is 0. The van der Waals surface area contributed by atoms with Gasteiger partial charge in [-0.2, -0.15) is 0 Å². The summed E-state index contributed by atoms with van der Waals surface area (Å²) < 4.78 is 56.7. The molecule has 0 atom stereocenters. The number of rotatable bonds is 4. The largest absolute Gasteiger partial charge is 0.444 e. The van der Waals surface area contributed by atoms with Crippen LogP contribution in [0.1, 0.15) is 45.6 Å². The van der Waals surface area contributed by atoms with E-state index in [4.69, 9.17) is 4.74 Å². The molecular weight excluding hydrogens is 364 g/mol. The number of benzene rings is 1. The summed E-state index contributed by atoms with van der Waals surface area (Å²) in [6, 6.07) is 5.22. The number of carbonyl (C=O) groups is 1. The molecule has 5 nitrogen and oxygen atoms in total. The van der Waals surface area contributed by atoms with Crippen LogP contribution >= 0.6 is 0 Å². The normalized spacial score (nSPS) is 16.8. The molecule has 0 spiro atoms. The predicted molar refractivity (Wildman–Crippen MR) is 94.0 cm³/mol. The SMILES string of the molecule is CC(C)(C)OC(=O)N1CCC(CS(=O)(=O)c2ccccc2C(F)F)CC1. The first kappa shape index (κ1) is 20.6. The van der Waals surface area contributed by atoms with Crippen LogP contribution in [0.5, 0.6) is 0 Å². The molecule has 1 fully saturated rings. The van der Waals surface area contributed by atoms with Crippen LogP contribution in [0.15, 0.2) is 29.2 Å². The second kappa shape index (κ2) is 7.90. The molecule has 2 rings (SSSR count). The van der Waals surface area contributed by atoms with E-state index in [0.29, 0.717) is 25.9 Å². The summed E-state index contributed by atoms with van der Waals surface area (Å²) in [6.45, 7) is 6.14. The molecule has 0 N–H and O–H groups in total. The number of likely N-dealkylation sites (tertiary alicyclic amines) is 1. The Morgan fingerprint density at radius 1 is 1.23 bits per heavy atom. The van der Waals surface area contributed by atoms with E-state index in [0.717, 1.165) is 6.07 Å². The van der Waals surface area contributed by atoms with E-state index in [1.54, 1.807) is 25.7 Å². The molecule has 1 aliphatic heterocycles. The third kappa shape index (κ3) is 5.40. The highest BCUT2D eigenvalue weighted by Gasteiger charge is 2.31. The monoisotopic (exact) mass is 389 g/mol. The number of alkyl halides is 2. The van der Waals surface area contributed by atoms with Gasteiger partial charge in [0.1, 0.15) is 5.60 Å². The van der Waals surface area contributed by atoms with Crippen LogP contribution in [0.3, 0.4) is 0 Å². The molecule has 8 heteroatoms. The van der Waals surface area contributed by atoms with Crippen LogP contribution in [0.4, 0.5) is 13.6 Å². The second-order valence-electron chi connectivity index (χ2n) is 7.53. The molecule has 0 aromatic heterocycles. The standard InChI is InChI=1S/C18H25F2NO4S/c1-18(2,3)25-17(22)21-10-8-13(9-11-21)12-26(23,24)15-7-5-4-6-14(15)16(19)20/h4-7,13,16H,8-12H2,1-3H3. The predicted octanol–water partition coefficient (Wildman–Crippen LogP) is 4.05. The molecule has 1 aromatic carbocycles. The lowest BCUT2D eigenvalue weighted by Gasteiger charge is -2.33. The molecule has 0 saturated carbocycles. The van der Waals surface area contributed by atoms with E-state index in [2.05, 4.69) is 0 Å². The van der Waals surface area contributed by atoms with E-state index < -0.39 is 33.5 Å². The van der Waals surface area contributed by atoms with Gasteiger partial charge in [0.2, 0.25) is 0 Å². The quantitative estimate of drug-likeness (QED) is 0.779. The minimum Gasteiger partial charge on any atom is -0.444 e. The van der Waals surface area contributed by atoms with Gasteiger partial charge in [-0.3, -0.25) is 0 Å². The van der Waals surface area contributed by atoms with Gasteiger partial charge in [0.15, 0.2) is 9.84 Å². The number of piperidine rings is 1. The van der Waals surface area contributed by atoms with Crippen LogP contribution in [0.2, 0.25) is 0 Å². The van der Waals surface area contributed by atoms with Crippen LogP contribution in [-0.4, -0.2) is 43.9 Å². The Morgan fingerprint density at radius 3 is 2.35 bits per heavy atom. The molecule has 146 valence electrons. The highest BCUT2D eigenvalue weighted by atomic mass is 32.2. The summed E-state index contributed by atoms with van der Waals surface area (Å²) >= 11 is 0. The lowest BCUT2D eigenvalue weighted by Crippen LogP contribution is -2.42. The van der Waals surface area contributed by atoms with Crippen molar-refractivity contribution in [2.75, 3.05) is 18.8 Å². The average Bonchev–Trinajstić information content (AvgIpc) is 2.53. The Bertz CT molecular complexity index is 736. The molecule has 1 heterocycles. The zero-order valence-electron chi connectivity index (χ0n) is 15.2. The second-order valence-corrected chi connectivity index (χ2v) is 9.53. The van der Waals surface area contributed by atoms with Crippen LogP contribution in [0, 0.1) is 5.92 Å². The topological polar surface area (TPSA) is 63.7 Å². The molecule has 1 saturated heterocycles. The number of halogens is 2. The van der Waals surface area contributed by atoms with Crippen molar-refractivity contribution in [3.8, 4) is 0 Å². The number of amides is 1. The van der Waals surface area contributed by atoms with Crippen molar-refractivity contribution in [2.45, 2.75) is 50.5 Å². The highest BCUT2D eigenvalue weighted by Crippen LogP contribution is 2.29. The highest BCUT2D eigenvalue weighted by molar-refractivity contribution is 7.91. The van der Waals surface area contributed by atoms with Crippen molar-refractivity contribution in [2.24, 2.45) is 5.92 Å². The van der Waals surface area contributed by atoms with Crippen molar-refractivity contribution in [1.82, 2.24) is 4.90 Å². The van der Waals surface area contributed by atoms with Crippen LogP contribution in [-0.2, 0) is 14.6 Å². The smallest absolute Gasteiger partial charge is 0.410 e. The molecule has 1 aromatic rings. The Balaban J connectivity index is 2.00. The van der Waals surface area contributed by atoms with Crippen molar-refractivity contribution >= 4 is 15.9 Å². The summed E-state index contributed by atoms with van der Waals surface area (Å²) in [5.41, 5.74) is -1.05. The lowest BCUT2D eigenvalue weighted by molar-refractivity contribution is 0.0191. The Kier molecular flexibility index (Phi) is 6.26. The molecular formula is C18H25F2NO4S. The summed E-state index contributed by atoms with van der Waals surface area (Å²) in [5, 5.41) is 0. The molecule has 0 radical (unpaired) electrons. The minimum absolute atomic E-state index is 0.176. The maximum atomic E-state index is 13.1. The third-order valence-electron chi connectivity index (χ3n) is 4.21. The van der Waals surface area contributed by atoms with E-state index >= 15 is 0 Å². The van der Waals surface area contributed by atoms with Crippen molar-refractivity contribution < 1.29 is 26.7 Å². The number of nitrogens with zero attached hydrogens (tertiary/aromatic N) is 1. The number of ether oxygens (including phenoxy) is 1. The van der Waals surface area contributed by atoms with Gasteiger partial charge in [-0.05, 0) is 45.6 Å². The van der Waals surface area contributed by atoms with Gasteiger partial charge in [0, 0.05) is 18.7 Å². The minimum atomic E-state index is -3.82. The Hall–Kier alpha value is -1.70. The summed E-state index contributed by atoms with van der Waals surface area (Å²) in [5.74, 6) is -0.372. The molecule has 1 aliphatic rings. The summed E-state index contributed by atoms with van der Waals surface area (Å²) in [6.07, 6.45) is -2.26. The number of carbonyl (C=O) groups excluding carboxylic acids is 1. The van der Waals surface area contributed by atoms with Gasteiger partial charge in [0.05, 0.1) is 10.6 Å². The first-order chi connectivity index (χ1) is 12.0. The average molecular weight is 389 g/mol. The fourth-order valence-corrected chi connectivity index (χ4v) is 4.89. The first-order valence-corrected chi connectivity index (χ1v) is 10.2. The van der Waals surface area contributed by atoms with E-state index in [1.165, 1.54) is 18.2 Å². The van der Waals surface area contributed by atoms with Gasteiger partial charge in [-0.25, -0.2) is 22.0 Å². The van der Waals surface area contributed by atoms with Crippen molar-refractivity contribution in [3.05, 3.63) is 29.8 Å². The maximum Gasteiger partial charge on any atom is 0.410 e. The molecule has 1 amide bonds. The van der Waals surface area contributed by atoms with Gasteiger partial charge >= 0.3 is 6.09 Å². The zero-order valence-corrected chi connectivity index (χ0v) is 16.1. The summed E-state index contributed by atoms with van der Waals surface area (Å²) in [7, 11) is -3.82. The van der Waals surface area contributed by atoms with Crippen molar-refractivity contribution in [1.29, 1.82) is 0 Å². The van der Waals surface area contributed by atoms with Gasteiger partial charge in [-0.1, -0.05) is 18.2 Å². The van der Waals surface area contributed by atoms with Gasteiger partial charge < -0.3 is 9.64 Å². The van der Waals surface area contributed by atoms with Crippen molar-refractivity contribution in [3.63, 3.8) is 0 Å². The molecule has 26 heavy (non-hydrogen) atoms. The molecule has 0 unspecified atom stereocenters. The lowest BCUT2D eigenvalue weighted by atomic mass is 9.99. The van der Waals surface area contributed by atoms with Crippen LogP contribution < -0.4 is 0 Å². The van der Waals surface area contributed by atoms with Crippen LogP contribution in [0.25, 0.3) is 0 Å². The van der Waals surface area contributed by atoms with E-state index in [1.807, 2.05) is 0 Å². The Morgan fingerprint density at radius 2 is 1.81 bits per heavy atom. The molecule has 0 aliphatic carbocycles. The van der Waals surface area contributed by atoms with E-state index in [9.17, 15) is 22.0 Å². The van der Waals surface area contributed by atoms with Gasteiger partial charge in [0.25, 0.3) is 6.43 Å². The number of hydrogen-bond acceptors (Lipinski definition) is 4. The number of sulfone groups is 1.